The third-order valence-corrected chi connectivity index (χ3v) is 4.71. The molecule has 1 amide bonds. The molecule has 1 aliphatic heterocycles. The van der Waals surface area contributed by atoms with Crippen molar-refractivity contribution in [1.29, 1.82) is 0 Å². The van der Waals surface area contributed by atoms with Gasteiger partial charge in [0, 0.05) is 31.2 Å². The third kappa shape index (κ3) is 5.85. The van der Waals surface area contributed by atoms with Crippen LogP contribution in [0.15, 0.2) is 36.8 Å². The van der Waals surface area contributed by atoms with Crippen molar-refractivity contribution in [1.82, 2.24) is 14.9 Å². The number of hydrogen-bond acceptors (Lipinski definition) is 6. The van der Waals surface area contributed by atoms with Gasteiger partial charge in [-0.15, -0.1) is 24.8 Å². The number of carbonyl (C=O) groups is 1. The van der Waals surface area contributed by atoms with Crippen LogP contribution in [-0.4, -0.2) is 60.1 Å². The number of benzene rings is 1. The first-order valence-electron chi connectivity index (χ1n) is 8.46. The molecule has 0 bridgehead atoms. The van der Waals surface area contributed by atoms with Crippen molar-refractivity contribution in [3.8, 4) is 5.75 Å². The van der Waals surface area contributed by atoms with Crippen LogP contribution < -0.4 is 15.4 Å². The topological polar surface area (TPSA) is 84.6 Å². The Labute approximate surface area is 182 Å². The summed E-state index contributed by atoms with van der Waals surface area (Å²) in [5, 5.41) is 0.671. The van der Waals surface area contributed by atoms with E-state index < -0.39 is 6.04 Å². The second kappa shape index (κ2) is 11.3. The van der Waals surface area contributed by atoms with Gasteiger partial charge in [0.1, 0.15) is 6.33 Å². The first-order chi connectivity index (χ1) is 12.6. The molecule has 1 unspecified atom stereocenters. The molecule has 154 valence electrons. The highest BCUT2D eigenvalue weighted by molar-refractivity contribution is 6.30. The number of ether oxygens (including phenoxy) is 1. The molecule has 1 atom stereocenters. The summed E-state index contributed by atoms with van der Waals surface area (Å²) < 4.78 is 5.31. The number of carbonyl (C=O) groups excluding carboxylic acids is 1. The van der Waals surface area contributed by atoms with Crippen LogP contribution >= 0.6 is 36.4 Å². The van der Waals surface area contributed by atoms with Gasteiger partial charge in [0.05, 0.1) is 19.3 Å². The third-order valence-electron chi connectivity index (χ3n) is 4.46. The summed E-state index contributed by atoms with van der Waals surface area (Å²) in [4.78, 5) is 24.8. The Morgan fingerprint density at radius 3 is 2.46 bits per heavy atom. The van der Waals surface area contributed by atoms with E-state index in [0.29, 0.717) is 43.4 Å². The molecule has 1 saturated heterocycles. The zero-order valence-corrected chi connectivity index (χ0v) is 17.8. The molecule has 10 heteroatoms. The Hall–Kier alpha value is -1.80. The van der Waals surface area contributed by atoms with Crippen molar-refractivity contribution < 1.29 is 9.53 Å². The van der Waals surface area contributed by atoms with Crippen molar-refractivity contribution in [2.45, 2.75) is 12.5 Å². The monoisotopic (exact) mass is 447 g/mol. The summed E-state index contributed by atoms with van der Waals surface area (Å²) in [6.07, 6.45) is 3.63. The average Bonchev–Trinajstić information content (AvgIpc) is 2.69. The minimum atomic E-state index is -0.559. The summed E-state index contributed by atoms with van der Waals surface area (Å²) in [5.74, 6) is 1.35. The number of nitrogens with two attached hydrogens (primary N) is 1. The van der Waals surface area contributed by atoms with Crippen LogP contribution in [0.5, 0.6) is 5.75 Å². The smallest absolute Gasteiger partial charge is 0.239 e. The highest BCUT2D eigenvalue weighted by Gasteiger charge is 2.27. The summed E-state index contributed by atoms with van der Waals surface area (Å²) in [7, 11) is 1.59. The van der Waals surface area contributed by atoms with Crippen LogP contribution in [-0.2, 0) is 11.2 Å². The molecule has 1 fully saturated rings. The van der Waals surface area contributed by atoms with Crippen LogP contribution in [0.3, 0.4) is 0 Å². The zero-order valence-electron chi connectivity index (χ0n) is 15.5. The predicted molar refractivity (Wildman–Crippen MR) is 115 cm³/mol. The summed E-state index contributed by atoms with van der Waals surface area (Å²) in [6.45, 7) is 2.54. The normalized spacial score (nSPS) is 14.5. The number of nitrogens with zero attached hydrogens (tertiary/aromatic N) is 4. The number of hydrogen-bond donors (Lipinski definition) is 1. The SMILES string of the molecule is COc1cncnc1N1CCN(C(=O)C(N)Cc2ccc(Cl)cc2)CC1.Cl.Cl. The fourth-order valence-corrected chi connectivity index (χ4v) is 3.15. The van der Waals surface area contributed by atoms with Gasteiger partial charge in [-0.1, -0.05) is 23.7 Å². The van der Waals surface area contributed by atoms with E-state index in [1.165, 1.54) is 6.33 Å². The molecule has 3 rings (SSSR count). The Bertz CT molecular complexity index is 755. The Balaban J connectivity index is 0.00000196. The van der Waals surface area contributed by atoms with Gasteiger partial charge in [-0.05, 0) is 24.1 Å². The minimum Gasteiger partial charge on any atom is -0.491 e. The summed E-state index contributed by atoms with van der Waals surface area (Å²) in [6, 6.07) is 6.85. The minimum absolute atomic E-state index is 0. The number of halogens is 3. The number of rotatable bonds is 5. The van der Waals surface area contributed by atoms with E-state index >= 15 is 0 Å². The molecule has 2 heterocycles. The van der Waals surface area contributed by atoms with Crippen molar-refractivity contribution >= 4 is 48.1 Å². The second-order valence-corrected chi connectivity index (χ2v) is 6.60. The van der Waals surface area contributed by atoms with Gasteiger partial charge < -0.3 is 20.3 Å². The molecule has 2 N–H and O–H groups in total. The number of anilines is 1. The maximum atomic E-state index is 12.6. The standard InChI is InChI=1S/C18H22ClN5O2.2ClH/c1-26-16-11-21-12-22-17(16)23-6-8-24(9-7-23)18(25)15(20)10-13-2-4-14(19)5-3-13;;/h2-5,11-12,15H,6-10,20H2,1H3;2*1H. The van der Waals surface area contributed by atoms with Crippen molar-refractivity contribution in [2.75, 3.05) is 38.2 Å². The Kier molecular flexibility index (Phi) is 9.75. The van der Waals surface area contributed by atoms with Gasteiger partial charge >= 0.3 is 0 Å². The van der Waals surface area contributed by atoms with Crippen LogP contribution in [0.4, 0.5) is 5.82 Å². The van der Waals surface area contributed by atoms with E-state index in [1.807, 2.05) is 29.2 Å². The lowest BCUT2D eigenvalue weighted by molar-refractivity contribution is -0.132. The van der Waals surface area contributed by atoms with Crippen LogP contribution in [0.25, 0.3) is 0 Å². The number of amides is 1. The molecule has 1 aromatic carbocycles. The first-order valence-corrected chi connectivity index (χ1v) is 8.84. The summed E-state index contributed by atoms with van der Waals surface area (Å²) in [5.41, 5.74) is 7.13. The molecule has 0 saturated carbocycles. The van der Waals surface area contributed by atoms with E-state index in [9.17, 15) is 4.79 Å². The van der Waals surface area contributed by atoms with Crippen LogP contribution in [0, 0.1) is 0 Å². The lowest BCUT2D eigenvalue weighted by atomic mass is 10.1. The molecule has 0 aliphatic carbocycles. The fraction of sp³-hybridized carbons (Fsp3) is 0.389. The molecule has 2 aromatic rings. The van der Waals surface area contributed by atoms with Crippen LogP contribution in [0.2, 0.25) is 5.02 Å². The first kappa shape index (κ1) is 24.2. The van der Waals surface area contributed by atoms with E-state index in [2.05, 4.69) is 14.9 Å². The molecule has 28 heavy (non-hydrogen) atoms. The molecule has 1 aromatic heterocycles. The molecular weight excluding hydrogens is 425 g/mol. The summed E-state index contributed by atoms with van der Waals surface area (Å²) >= 11 is 5.89. The molecule has 0 radical (unpaired) electrons. The maximum absolute atomic E-state index is 12.6. The Morgan fingerprint density at radius 1 is 1.21 bits per heavy atom. The fourth-order valence-electron chi connectivity index (χ4n) is 3.03. The molecular formula is C18H24Cl3N5O2. The lowest BCUT2D eigenvalue weighted by Gasteiger charge is -2.36. The van der Waals surface area contributed by atoms with E-state index in [0.717, 1.165) is 11.4 Å². The van der Waals surface area contributed by atoms with Gasteiger partial charge in [-0.3, -0.25) is 4.79 Å². The van der Waals surface area contributed by atoms with Crippen molar-refractivity contribution in [2.24, 2.45) is 5.73 Å². The predicted octanol–water partition coefficient (Wildman–Crippen LogP) is 2.20. The lowest BCUT2D eigenvalue weighted by Crippen LogP contribution is -2.53. The van der Waals surface area contributed by atoms with E-state index in [-0.39, 0.29) is 30.7 Å². The van der Waals surface area contributed by atoms with Crippen molar-refractivity contribution in [3.05, 3.63) is 47.4 Å². The molecule has 0 spiro atoms. The molecule has 7 nitrogen and oxygen atoms in total. The number of methoxy groups -OCH3 is 1. The zero-order chi connectivity index (χ0) is 18.5. The van der Waals surface area contributed by atoms with E-state index in [4.69, 9.17) is 22.1 Å². The number of aromatic nitrogens is 2. The quantitative estimate of drug-likeness (QED) is 0.755. The highest BCUT2D eigenvalue weighted by Crippen LogP contribution is 2.24. The van der Waals surface area contributed by atoms with Crippen molar-refractivity contribution in [3.63, 3.8) is 0 Å². The largest absolute Gasteiger partial charge is 0.491 e. The van der Waals surface area contributed by atoms with E-state index in [1.54, 1.807) is 13.3 Å². The van der Waals surface area contributed by atoms with Crippen LogP contribution in [0.1, 0.15) is 5.56 Å². The van der Waals surface area contributed by atoms with Gasteiger partial charge in [0.15, 0.2) is 11.6 Å². The highest BCUT2D eigenvalue weighted by atomic mass is 35.5. The maximum Gasteiger partial charge on any atom is 0.239 e. The molecule has 1 aliphatic rings. The Morgan fingerprint density at radius 2 is 1.86 bits per heavy atom. The number of piperazine rings is 1. The van der Waals surface area contributed by atoms with Gasteiger partial charge in [-0.2, -0.15) is 0 Å². The van der Waals surface area contributed by atoms with Gasteiger partial charge in [0.25, 0.3) is 0 Å². The van der Waals surface area contributed by atoms with Gasteiger partial charge in [0.2, 0.25) is 5.91 Å². The van der Waals surface area contributed by atoms with Gasteiger partial charge in [-0.25, -0.2) is 9.97 Å². The second-order valence-electron chi connectivity index (χ2n) is 6.16. The average molecular weight is 449 g/mol.